The smallest absolute Gasteiger partial charge is 0.261 e. The van der Waals surface area contributed by atoms with Crippen LogP contribution in [0.4, 0.5) is 8.78 Å². The second-order valence-corrected chi connectivity index (χ2v) is 5.80. The van der Waals surface area contributed by atoms with Crippen molar-refractivity contribution in [3.8, 4) is 0 Å². The molecular formula is C16H24F2O3Si. The lowest BCUT2D eigenvalue weighted by Gasteiger charge is -2.16. The summed E-state index contributed by atoms with van der Waals surface area (Å²) in [5.74, 6) is -1.56. The van der Waals surface area contributed by atoms with E-state index < -0.39 is 18.1 Å². The fourth-order valence-electron chi connectivity index (χ4n) is 1.91. The SMILES string of the molecule is CCOC(OCC)O[Si]CCCCCc1ccc(F)c(F)c1. The molecule has 1 aromatic rings. The Morgan fingerprint density at radius 3 is 2.36 bits per heavy atom. The zero-order valence-electron chi connectivity index (χ0n) is 13.2. The molecule has 0 aliphatic carbocycles. The van der Waals surface area contributed by atoms with Gasteiger partial charge in [0.05, 0.1) is 0 Å². The molecule has 2 radical (unpaired) electrons. The van der Waals surface area contributed by atoms with Crippen molar-refractivity contribution in [1.82, 2.24) is 0 Å². The van der Waals surface area contributed by atoms with Crippen LogP contribution in [0.15, 0.2) is 18.2 Å². The Balaban J connectivity index is 2.06. The Kier molecular flexibility index (Phi) is 10.2. The summed E-state index contributed by atoms with van der Waals surface area (Å²) in [7, 11) is 0.347. The summed E-state index contributed by atoms with van der Waals surface area (Å²) in [5.41, 5.74) is 0.838. The first kappa shape index (κ1) is 19.2. The zero-order valence-corrected chi connectivity index (χ0v) is 14.2. The summed E-state index contributed by atoms with van der Waals surface area (Å²) in [5, 5.41) is 0. The molecule has 0 N–H and O–H groups in total. The average Bonchev–Trinajstić information content (AvgIpc) is 2.50. The fraction of sp³-hybridized carbons (Fsp3) is 0.625. The minimum absolute atomic E-state index is 0.347. The van der Waals surface area contributed by atoms with Gasteiger partial charge in [-0.3, -0.25) is 0 Å². The Hall–Kier alpha value is -0.823. The molecular weight excluding hydrogens is 306 g/mol. The van der Waals surface area contributed by atoms with Crippen molar-refractivity contribution in [2.45, 2.75) is 52.1 Å². The summed E-state index contributed by atoms with van der Waals surface area (Å²) < 4.78 is 41.9. The van der Waals surface area contributed by atoms with Crippen LogP contribution in [0, 0.1) is 11.6 Å². The number of aryl methyl sites for hydroxylation is 1. The van der Waals surface area contributed by atoms with Crippen LogP contribution in [0.5, 0.6) is 0 Å². The highest BCUT2D eigenvalue weighted by molar-refractivity contribution is 6.27. The Labute approximate surface area is 133 Å². The van der Waals surface area contributed by atoms with Crippen LogP contribution in [0.3, 0.4) is 0 Å². The molecule has 6 heteroatoms. The first-order valence-electron chi connectivity index (χ1n) is 7.73. The summed E-state index contributed by atoms with van der Waals surface area (Å²) in [6.07, 6.45) is 3.79. The number of halogens is 2. The van der Waals surface area contributed by atoms with Gasteiger partial charge in [0.1, 0.15) is 0 Å². The van der Waals surface area contributed by atoms with Gasteiger partial charge in [-0.1, -0.05) is 18.9 Å². The van der Waals surface area contributed by atoms with Gasteiger partial charge in [-0.15, -0.1) is 0 Å². The minimum Gasteiger partial charge on any atom is -0.372 e. The van der Waals surface area contributed by atoms with Crippen LogP contribution in [0.25, 0.3) is 0 Å². The summed E-state index contributed by atoms with van der Waals surface area (Å²) >= 11 is 0. The van der Waals surface area contributed by atoms with Crippen LogP contribution in [0.1, 0.15) is 38.7 Å². The highest BCUT2D eigenvalue weighted by Crippen LogP contribution is 2.12. The molecule has 0 heterocycles. The molecule has 22 heavy (non-hydrogen) atoms. The predicted octanol–water partition coefficient (Wildman–Crippen LogP) is 4.09. The van der Waals surface area contributed by atoms with Gasteiger partial charge in [0.15, 0.2) is 11.6 Å². The van der Waals surface area contributed by atoms with E-state index in [-0.39, 0.29) is 0 Å². The highest BCUT2D eigenvalue weighted by Gasteiger charge is 2.08. The van der Waals surface area contributed by atoms with Gasteiger partial charge < -0.3 is 13.9 Å². The molecule has 1 rings (SSSR count). The average molecular weight is 330 g/mol. The van der Waals surface area contributed by atoms with Crippen molar-refractivity contribution in [3.05, 3.63) is 35.4 Å². The van der Waals surface area contributed by atoms with Crippen LogP contribution in [0.2, 0.25) is 6.04 Å². The van der Waals surface area contributed by atoms with Gasteiger partial charge in [0.25, 0.3) is 6.48 Å². The quantitative estimate of drug-likeness (QED) is 0.328. The Bertz CT molecular complexity index is 412. The normalized spacial score (nSPS) is 11.3. The van der Waals surface area contributed by atoms with Crippen LogP contribution >= 0.6 is 0 Å². The van der Waals surface area contributed by atoms with E-state index in [1.165, 1.54) is 12.1 Å². The lowest BCUT2D eigenvalue weighted by molar-refractivity contribution is -0.243. The minimum atomic E-state index is -0.791. The van der Waals surface area contributed by atoms with E-state index in [9.17, 15) is 8.78 Å². The maximum Gasteiger partial charge on any atom is 0.261 e. The van der Waals surface area contributed by atoms with E-state index in [2.05, 4.69) is 0 Å². The fourth-order valence-corrected chi connectivity index (χ4v) is 2.70. The molecule has 1 aromatic carbocycles. The molecule has 0 fully saturated rings. The largest absolute Gasteiger partial charge is 0.372 e. The molecule has 0 aromatic heterocycles. The number of hydrogen-bond acceptors (Lipinski definition) is 3. The number of benzene rings is 1. The van der Waals surface area contributed by atoms with Gasteiger partial charge in [-0.2, -0.15) is 0 Å². The first-order chi connectivity index (χ1) is 10.7. The van der Waals surface area contributed by atoms with Gasteiger partial charge in [0, 0.05) is 13.2 Å². The second-order valence-electron chi connectivity index (χ2n) is 4.77. The van der Waals surface area contributed by atoms with Crippen molar-refractivity contribution in [2.75, 3.05) is 13.2 Å². The van der Waals surface area contributed by atoms with Crippen molar-refractivity contribution in [3.63, 3.8) is 0 Å². The second kappa shape index (κ2) is 11.7. The van der Waals surface area contributed by atoms with Gasteiger partial charge in [0.2, 0.25) is 9.76 Å². The molecule has 0 saturated heterocycles. The Morgan fingerprint density at radius 1 is 1.00 bits per heavy atom. The topological polar surface area (TPSA) is 27.7 Å². The maximum absolute atomic E-state index is 13.0. The monoisotopic (exact) mass is 330 g/mol. The molecule has 0 bridgehead atoms. The van der Waals surface area contributed by atoms with Crippen LogP contribution in [-0.4, -0.2) is 29.5 Å². The van der Waals surface area contributed by atoms with Crippen molar-refractivity contribution in [2.24, 2.45) is 0 Å². The van der Waals surface area contributed by atoms with Crippen molar-refractivity contribution in [1.29, 1.82) is 0 Å². The molecule has 0 spiro atoms. The summed E-state index contributed by atoms with van der Waals surface area (Å²) in [6.45, 7) is 4.36. The summed E-state index contributed by atoms with van der Waals surface area (Å²) in [4.78, 5) is 0. The van der Waals surface area contributed by atoms with E-state index in [0.29, 0.717) is 23.0 Å². The Morgan fingerprint density at radius 2 is 1.73 bits per heavy atom. The van der Waals surface area contributed by atoms with E-state index >= 15 is 0 Å². The molecule has 3 nitrogen and oxygen atoms in total. The predicted molar refractivity (Wildman–Crippen MR) is 82.6 cm³/mol. The third-order valence-electron chi connectivity index (χ3n) is 3.01. The number of hydrogen-bond donors (Lipinski definition) is 0. The van der Waals surface area contributed by atoms with Gasteiger partial charge in [-0.25, -0.2) is 8.78 Å². The number of rotatable bonds is 12. The first-order valence-corrected chi connectivity index (χ1v) is 8.84. The van der Waals surface area contributed by atoms with E-state index in [4.69, 9.17) is 13.9 Å². The molecule has 124 valence electrons. The molecule has 0 unspecified atom stereocenters. The lowest BCUT2D eigenvalue weighted by atomic mass is 10.1. The van der Waals surface area contributed by atoms with Gasteiger partial charge in [-0.05, 0) is 50.4 Å². The van der Waals surface area contributed by atoms with Crippen LogP contribution < -0.4 is 0 Å². The molecule has 0 saturated carbocycles. The summed E-state index contributed by atoms with van der Waals surface area (Å²) in [6, 6.07) is 5.04. The van der Waals surface area contributed by atoms with Crippen molar-refractivity contribution >= 4 is 9.76 Å². The number of unbranched alkanes of at least 4 members (excludes halogenated alkanes) is 2. The third kappa shape index (κ3) is 7.98. The molecule has 0 amide bonds. The highest BCUT2D eigenvalue weighted by atomic mass is 28.2. The van der Waals surface area contributed by atoms with Crippen molar-refractivity contribution < 1.29 is 22.7 Å². The molecule has 0 atom stereocenters. The maximum atomic E-state index is 13.0. The third-order valence-corrected chi connectivity index (χ3v) is 3.93. The van der Waals surface area contributed by atoms with E-state index in [1.807, 2.05) is 13.8 Å². The molecule has 0 aliphatic heterocycles. The standard InChI is InChI=1S/C16H24F2O3Si/c1-3-19-16(20-4-2)21-22-11-7-5-6-8-13-9-10-14(17)15(18)12-13/h9-10,12,16H,3-8,11H2,1-2H3. The molecule has 0 aliphatic rings. The lowest BCUT2D eigenvalue weighted by Crippen LogP contribution is -2.22. The van der Waals surface area contributed by atoms with E-state index in [0.717, 1.165) is 37.3 Å². The zero-order chi connectivity index (χ0) is 16.2. The van der Waals surface area contributed by atoms with E-state index in [1.54, 1.807) is 6.07 Å². The van der Waals surface area contributed by atoms with Crippen LogP contribution in [-0.2, 0) is 20.3 Å². The number of ether oxygens (including phenoxy) is 2. The van der Waals surface area contributed by atoms with Gasteiger partial charge >= 0.3 is 0 Å².